The lowest BCUT2D eigenvalue weighted by Gasteiger charge is -2.16. The third kappa shape index (κ3) is 3.18. The van der Waals surface area contributed by atoms with Crippen LogP contribution >= 0.6 is 0 Å². The van der Waals surface area contributed by atoms with E-state index in [0.717, 1.165) is 41.0 Å². The van der Waals surface area contributed by atoms with Crippen molar-refractivity contribution < 1.29 is 9.26 Å². The Kier molecular flexibility index (Phi) is 4.43. The van der Waals surface area contributed by atoms with Crippen LogP contribution in [0.5, 0.6) is 5.75 Å². The van der Waals surface area contributed by atoms with E-state index in [2.05, 4.69) is 15.1 Å². The molecular formula is C23H20N4O3. The summed E-state index contributed by atoms with van der Waals surface area (Å²) in [4.78, 5) is 21.8. The first kappa shape index (κ1) is 18.3. The van der Waals surface area contributed by atoms with Crippen molar-refractivity contribution in [1.29, 1.82) is 0 Å². The van der Waals surface area contributed by atoms with Gasteiger partial charge in [-0.25, -0.2) is 0 Å². The number of benzene rings is 1. The van der Waals surface area contributed by atoms with Crippen molar-refractivity contribution in [2.75, 3.05) is 7.11 Å². The SMILES string of the molecule is COc1ccc(-c2cc(-c3noc(C4CC4)n3)c(=O)n(C)c2-c2ccncc2)cc1. The summed E-state index contributed by atoms with van der Waals surface area (Å²) in [5.41, 5.74) is 3.76. The Balaban J connectivity index is 1.73. The van der Waals surface area contributed by atoms with E-state index in [9.17, 15) is 4.79 Å². The predicted octanol–water partition coefficient (Wildman–Crippen LogP) is 4.05. The third-order valence-corrected chi connectivity index (χ3v) is 5.38. The van der Waals surface area contributed by atoms with Crippen LogP contribution in [0.15, 0.2) is 64.2 Å². The molecule has 1 aliphatic rings. The highest BCUT2D eigenvalue weighted by molar-refractivity contribution is 5.84. The smallest absolute Gasteiger partial charge is 0.262 e. The number of aromatic nitrogens is 4. The van der Waals surface area contributed by atoms with Gasteiger partial charge in [0.1, 0.15) is 5.75 Å². The highest BCUT2D eigenvalue weighted by atomic mass is 16.5. The monoisotopic (exact) mass is 400 g/mol. The molecule has 0 amide bonds. The second-order valence-corrected chi connectivity index (χ2v) is 7.38. The van der Waals surface area contributed by atoms with Gasteiger partial charge in [0.05, 0.1) is 18.4 Å². The molecule has 7 heteroatoms. The van der Waals surface area contributed by atoms with E-state index in [1.165, 1.54) is 0 Å². The van der Waals surface area contributed by atoms with E-state index in [0.29, 0.717) is 23.2 Å². The molecule has 0 N–H and O–H groups in total. The van der Waals surface area contributed by atoms with E-state index < -0.39 is 0 Å². The van der Waals surface area contributed by atoms with Crippen molar-refractivity contribution >= 4 is 0 Å². The molecule has 4 aromatic rings. The summed E-state index contributed by atoms with van der Waals surface area (Å²) < 4.78 is 12.3. The molecule has 0 unspecified atom stereocenters. The van der Waals surface area contributed by atoms with Crippen LogP contribution < -0.4 is 10.3 Å². The molecule has 1 aromatic carbocycles. The van der Waals surface area contributed by atoms with Gasteiger partial charge in [0.2, 0.25) is 11.7 Å². The number of ether oxygens (including phenoxy) is 1. The van der Waals surface area contributed by atoms with Crippen LogP contribution in [0, 0.1) is 0 Å². The van der Waals surface area contributed by atoms with Crippen LogP contribution in [0.4, 0.5) is 0 Å². The molecule has 0 atom stereocenters. The minimum Gasteiger partial charge on any atom is -0.497 e. The third-order valence-electron chi connectivity index (χ3n) is 5.38. The fourth-order valence-corrected chi connectivity index (χ4v) is 3.59. The molecule has 30 heavy (non-hydrogen) atoms. The molecule has 0 radical (unpaired) electrons. The Morgan fingerprint density at radius 2 is 1.77 bits per heavy atom. The maximum absolute atomic E-state index is 13.2. The molecule has 5 rings (SSSR count). The van der Waals surface area contributed by atoms with Gasteiger partial charge in [0.15, 0.2) is 0 Å². The number of methoxy groups -OCH3 is 1. The van der Waals surface area contributed by atoms with Crippen LogP contribution in [-0.2, 0) is 7.05 Å². The normalized spacial score (nSPS) is 13.4. The van der Waals surface area contributed by atoms with Gasteiger partial charge in [-0.3, -0.25) is 9.78 Å². The van der Waals surface area contributed by atoms with E-state index in [1.54, 1.807) is 31.1 Å². The van der Waals surface area contributed by atoms with Crippen LogP contribution in [0.25, 0.3) is 33.8 Å². The topological polar surface area (TPSA) is 83.0 Å². The van der Waals surface area contributed by atoms with Gasteiger partial charge >= 0.3 is 0 Å². The number of rotatable bonds is 5. The maximum Gasteiger partial charge on any atom is 0.262 e. The first-order chi connectivity index (χ1) is 14.7. The van der Waals surface area contributed by atoms with Crippen molar-refractivity contribution in [1.82, 2.24) is 19.7 Å². The van der Waals surface area contributed by atoms with Gasteiger partial charge < -0.3 is 13.8 Å². The Morgan fingerprint density at radius 1 is 1.03 bits per heavy atom. The molecule has 0 aliphatic heterocycles. The molecule has 1 aliphatic carbocycles. The van der Waals surface area contributed by atoms with Crippen molar-refractivity contribution in [3.05, 3.63) is 71.1 Å². The van der Waals surface area contributed by atoms with Crippen LogP contribution in [-0.4, -0.2) is 26.8 Å². The first-order valence-corrected chi connectivity index (χ1v) is 9.78. The van der Waals surface area contributed by atoms with E-state index >= 15 is 0 Å². The van der Waals surface area contributed by atoms with Crippen molar-refractivity contribution in [2.45, 2.75) is 18.8 Å². The van der Waals surface area contributed by atoms with Gasteiger partial charge in [-0.15, -0.1) is 0 Å². The average molecular weight is 400 g/mol. The van der Waals surface area contributed by atoms with Crippen molar-refractivity contribution in [3.8, 4) is 39.5 Å². The highest BCUT2D eigenvalue weighted by Gasteiger charge is 2.30. The van der Waals surface area contributed by atoms with Crippen LogP contribution in [0.3, 0.4) is 0 Å². The molecule has 0 saturated heterocycles. The quantitative estimate of drug-likeness (QED) is 0.503. The minimum absolute atomic E-state index is 0.178. The number of nitrogens with zero attached hydrogens (tertiary/aromatic N) is 4. The summed E-state index contributed by atoms with van der Waals surface area (Å²) in [6.45, 7) is 0. The zero-order chi connectivity index (χ0) is 20.7. The summed E-state index contributed by atoms with van der Waals surface area (Å²) >= 11 is 0. The number of pyridine rings is 2. The predicted molar refractivity (Wildman–Crippen MR) is 112 cm³/mol. The summed E-state index contributed by atoms with van der Waals surface area (Å²) in [6, 6.07) is 13.4. The molecule has 7 nitrogen and oxygen atoms in total. The van der Waals surface area contributed by atoms with Crippen molar-refractivity contribution in [2.24, 2.45) is 7.05 Å². The van der Waals surface area contributed by atoms with Gasteiger partial charge in [0, 0.05) is 36.5 Å². The zero-order valence-corrected chi connectivity index (χ0v) is 16.7. The second kappa shape index (κ2) is 7.26. The summed E-state index contributed by atoms with van der Waals surface area (Å²) in [5.74, 6) is 2.03. The summed E-state index contributed by atoms with van der Waals surface area (Å²) in [7, 11) is 3.39. The lowest BCUT2D eigenvalue weighted by atomic mass is 9.97. The minimum atomic E-state index is -0.178. The average Bonchev–Trinajstić information content (AvgIpc) is 3.53. The standard InChI is InChI=1S/C23H20N4O3/c1-27-20(15-9-11-24-12-10-15)18(14-5-7-17(29-2)8-6-14)13-19(23(27)28)21-25-22(30-26-21)16-3-4-16/h5-13,16H,3-4H2,1-2H3. The van der Waals surface area contributed by atoms with Crippen LogP contribution in [0.2, 0.25) is 0 Å². The van der Waals surface area contributed by atoms with Gasteiger partial charge in [0.25, 0.3) is 5.56 Å². The highest BCUT2D eigenvalue weighted by Crippen LogP contribution is 2.40. The molecule has 1 saturated carbocycles. The van der Waals surface area contributed by atoms with E-state index in [1.807, 2.05) is 42.5 Å². The fraction of sp³-hybridized carbons (Fsp3) is 0.217. The first-order valence-electron chi connectivity index (χ1n) is 9.78. The maximum atomic E-state index is 13.2. The molecule has 0 bridgehead atoms. The molecule has 150 valence electrons. The lowest BCUT2D eigenvalue weighted by molar-refractivity contribution is 0.380. The Morgan fingerprint density at radius 3 is 2.43 bits per heavy atom. The number of hydrogen-bond acceptors (Lipinski definition) is 6. The largest absolute Gasteiger partial charge is 0.497 e. The fourth-order valence-electron chi connectivity index (χ4n) is 3.59. The zero-order valence-electron chi connectivity index (χ0n) is 16.7. The number of hydrogen-bond donors (Lipinski definition) is 0. The molecule has 0 spiro atoms. The Labute approximate surface area is 173 Å². The molecule has 3 heterocycles. The lowest BCUT2D eigenvalue weighted by Crippen LogP contribution is -2.21. The van der Waals surface area contributed by atoms with Gasteiger partial charge in [-0.05, 0) is 48.7 Å². The van der Waals surface area contributed by atoms with Gasteiger partial charge in [-0.1, -0.05) is 17.3 Å². The molecular weight excluding hydrogens is 380 g/mol. The van der Waals surface area contributed by atoms with E-state index in [-0.39, 0.29) is 5.56 Å². The molecule has 1 fully saturated rings. The van der Waals surface area contributed by atoms with E-state index in [4.69, 9.17) is 9.26 Å². The Hall–Kier alpha value is -3.74. The molecule has 3 aromatic heterocycles. The van der Waals surface area contributed by atoms with Crippen LogP contribution in [0.1, 0.15) is 24.7 Å². The Bertz CT molecular complexity index is 1260. The second-order valence-electron chi connectivity index (χ2n) is 7.38. The summed E-state index contributed by atoms with van der Waals surface area (Å²) in [6.07, 6.45) is 5.54. The summed E-state index contributed by atoms with van der Waals surface area (Å²) in [5, 5.41) is 4.08. The van der Waals surface area contributed by atoms with Gasteiger partial charge in [-0.2, -0.15) is 4.98 Å². The van der Waals surface area contributed by atoms with Crippen molar-refractivity contribution in [3.63, 3.8) is 0 Å².